The van der Waals surface area contributed by atoms with Crippen molar-refractivity contribution in [2.75, 3.05) is 6.61 Å². The predicted molar refractivity (Wildman–Crippen MR) is 112 cm³/mol. The lowest BCUT2D eigenvalue weighted by molar-refractivity contribution is 0.0116. The molecular weight excluding hydrogens is 389 g/mol. The summed E-state index contributed by atoms with van der Waals surface area (Å²) >= 11 is 0. The van der Waals surface area contributed by atoms with Gasteiger partial charge in [0.2, 0.25) is 0 Å². The lowest BCUT2D eigenvalue weighted by Gasteiger charge is -2.29. The Morgan fingerprint density at radius 2 is 1.80 bits per heavy atom. The topological polar surface area (TPSA) is 18.5 Å². The van der Waals surface area contributed by atoms with Crippen LogP contribution in [0.1, 0.15) is 61.1 Å². The van der Waals surface area contributed by atoms with Crippen LogP contribution in [0.4, 0.5) is 13.2 Å². The van der Waals surface area contributed by atoms with Crippen molar-refractivity contribution >= 4 is 0 Å². The molecule has 0 radical (unpaired) electrons. The van der Waals surface area contributed by atoms with Gasteiger partial charge in [0.25, 0.3) is 0 Å². The summed E-state index contributed by atoms with van der Waals surface area (Å²) in [6.07, 6.45) is 6.66. The van der Waals surface area contributed by atoms with Crippen molar-refractivity contribution in [2.24, 2.45) is 0 Å². The summed E-state index contributed by atoms with van der Waals surface area (Å²) in [6, 6.07) is 8.22. The minimum absolute atomic E-state index is 0.0273. The van der Waals surface area contributed by atoms with E-state index < -0.39 is 11.6 Å². The van der Waals surface area contributed by atoms with E-state index in [0.29, 0.717) is 17.9 Å². The molecule has 1 aliphatic rings. The van der Waals surface area contributed by atoms with Gasteiger partial charge in [-0.25, -0.2) is 13.2 Å². The summed E-state index contributed by atoms with van der Waals surface area (Å²) in [7, 11) is 0. The highest BCUT2D eigenvalue weighted by atomic mass is 19.2. The Bertz CT molecular complexity index is 858. The van der Waals surface area contributed by atoms with Crippen molar-refractivity contribution in [1.82, 2.24) is 0 Å². The maximum Gasteiger partial charge on any atom is 0.164 e. The molecule has 30 heavy (non-hydrogen) atoms. The van der Waals surface area contributed by atoms with Crippen LogP contribution in [0, 0.1) is 24.4 Å². The van der Waals surface area contributed by atoms with Gasteiger partial charge in [-0.15, -0.1) is 6.58 Å². The van der Waals surface area contributed by atoms with E-state index in [0.717, 1.165) is 38.5 Å². The van der Waals surface area contributed by atoms with Gasteiger partial charge < -0.3 is 9.47 Å². The lowest BCUT2D eigenvalue weighted by Crippen LogP contribution is -2.21. The Morgan fingerprint density at radius 3 is 2.50 bits per heavy atom. The lowest BCUT2D eigenvalue weighted by atomic mass is 9.82. The Kier molecular flexibility index (Phi) is 7.97. The largest absolute Gasteiger partial charge is 0.493 e. The molecule has 0 amide bonds. The number of ether oxygens (including phenoxy) is 2. The van der Waals surface area contributed by atoms with Crippen LogP contribution in [0.3, 0.4) is 0 Å². The average molecular weight is 418 g/mol. The summed E-state index contributed by atoms with van der Waals surface area (Å²) < 4.78 is 53.7. The Morgan fingerprint density at radius 1 is 1.03 bits per heavy atom. The monoisotopic (exact) mass is 418 g/mol. The van der Waals surface area contributed by atoms with Crippen LogP contribution in [0.25, 0.3) is 0 Å². The van der Waals surface area contributed by atoms with Crippen molar-refractivity contribution in [1.29, 1.82) is 0 Å². The summed E-state index contributed by atoms with van der Waals surface area (Å²) in [5, 5.41) is 0. The average Bonchev–Trinajstić information content (AvgIpc) is 2.75. The summed E-state index contributed by atoms with van der Waals surface area (Å²) in [5.41, 5.74) is 1.22. The molecule has 162 valence electrons. The van der Waals surface area contributed by atoms with E-state index in [1.807, 2.05) is 18.2 Å². The number of allylic oxidation sites excluding steroid dienone is 1. The van der Waals surface area contributed by atoms with Crippen LogP contribution in [0.15, 0.2) is 43.0 Å². The molecule has 0 aromatic heterocycles. The fourth-order valence-electron chi connectivity index (χ4n) is 3.89. The molecule has 0 spiro atoms. The standard InChI is InChI=1S/C25H29F3O2/c1-3-4-5-14-29-21-12-13-22(23(26)15-21)18-8-10-20(11-9-18)30-16-19-7-6-17(2)24(27)25(19)28/h3,6-7,12-13,15,18,20H,1,4-5,8-11,14,16H2,2H3. The van der Waals surface area contributed by atoms with Crippen LogP contribution in [-0.2, 0) is 11.3 Å². The minimum atomic E-state index is -0.836. The highest BCUT2D eigenvalue weighted by Gasteiger charge is 2.25. The van der Waals surface area contributed by atoms with Crippen molar-refractivity contribution in [3.63, 3.8) is 0 Å². The number of aryl methyl sites for hydroxylation is 1. The van der Waals surface area contributed by atoms with Crippen LogP contribution in [0.2, 0.25) is 0 Å². The Balaban J connectivity index is 1.49. The zero-order chi connectivity index (χ0) is 21.5. The fraction of sp³-hybridized carbons (Fsp3) is 0.440. The molecule has 2 nitrogen and oxygen atoms in total. The molecule has 0 unspecified atom stereocenters. The van der Waals surface area contributed by atoms with Gasteiger partial charge in [0, 0.05) is 11.6 Å². The molecule has 3 rings (SSSR count). The second-order valence-corrected chi connectivity index (χ2v) is 7.92. The first-order valence-corrected chi connectivity index (χ1v) is 10.6. The zero-order valence-corrected chi connectivity index (χ0v) is 17.4. The molecule has 1 aliphatic carbocycles. The number of rotatable bonds is 9. The zero-order valence-electron chi connectivity index (χ0n) is 17.4. The summed E-state index contributed by atoms with van der Waals surface area (Å²) in [6.45, 7) is 5.79. The van der Waals surface area contributed by atoms with Gasteiger partial charge in [0.05, 0.1) is 19.3 Å². The van der Waals surface area contributed by atoms with Crippen LogP contribution >= 0.6 is 0 Å². The molecule has 1 saturated carbocycles. The molecule has 0 bridgehead atoms. The first-order valence-electron chi connectivity index (χ1n) is 10.6. The summed E-state index contributed by atoms with van der Waals surface area (Å²) in [4.78, 5) is 0. The molecule has 0 atom stereocenters. The quantitative estimate of drug-likeness (QED) is 0.322. The number of unbranched alkanes of at least 4 members (excludes halogenated alkanes) is 1. The molecule has 5 heteroatoms. The first-order chi connectivity index (χ1) is 14.5. The number of hydrogen-bond acceptors (Lipinski definition) is 2. The van der Waals surface area contributed by atoms with Crippen LogP contribution in [-0.4, -0.2) is 12.7 Å². The number of halogens is 3. The molecule has 2 aromatic carbocycles. The molecule has 0 heterocycles. The van der Waals surface area contributed by atoms with E-state index in [1.54, 1.807) is 12.1 Å². The van der Waals surface area contributed by atoms with E-state index in [1.165, 1.54) is 13.0 Å². The highest BCUT2D eigenvalue weighted by molar-refractivity contribution is 5.31. The Hall–Kier alpha value is -2.27. The second kappa shape index (κ2) is 10.7. The smallest absolute Gasteiger partial charge is 0.164 e. The number of hydrogen-bond donors (Lipinski definition) is 0. The van der Waals surface area contributed by atoms with Gasteiger partial charge in [0.1, 0.15) is 11.6 Å². The maximum absolute atomic E-state index is 14.6. The molecule has 1 fully saturated rings. The first kappa shape index (κ1) is 22.4. The normalized spacial score (nSPS) is 18.9. The van der Waals surface area contributed by atoms with E-state index in [9.17, 15) is 13.2 Å². The van der Waals surface area contributed by atoms with Gasteiger partial charge in [-0.2, -0.15) is 0 Å². The van der Waals surface area contributed by atoms with Crippen molar-refractivity contribution in [2.45, 2.75) is 64.1 Å². The third-order valence-electron chi connectivity index (χ3n) is 5.74. The third kappa shape index (κ3) is 5.66. The minimum Gasteiger partial charge on any atom is -0.493 e. The van der Waals surface area contributed by atoms with Gasteiger partial charge in [-0.05, 0) is 68.6 Å². The molecule has 0 N–H and O–H groups in total. The molecule has 0 aliphatic heterocycles. The third-order valence-corrected chi connectivity index (χ3v) is 5.74. The maximum atomic E-state index is 14.6. The highest BCUT2D eigenvalue weighted by Crippen LogP contribution is 2.36. The van der Waals surface area contributed by atoms with Gasteiger partial charge >= 0.3 is 0 Å². The van der Waals surface area contributed by atoms with Crippen LogP contribution < -0.4 is 4.74 Å². The predicted octanol–water partition coefficient (Wildman–Crippen LogP) is 7.00. The Labute approximate surface area is 176 Å². The van der Waals surface area contributed by atoms with Crippen LogP contribution in [0.5, 0.6) is 5.75 Å². The fourth-order valence-corrected chi connectivity index (χ4v) is 3.89. The second-order valence-electron chi connectivity index (χ2n) is 7.92. The van der Waals surface area contributed by atoms with E-state index in [-0.39, 0.29) is 35.6 Å². The van der Waals surface area contributed by atoms with Crippen molar-refractivity contribution in [3.05, 3.63) is 77.1 Å². The SMILES string of the molecule is C=CCCCOc1ccc(C2CCC(OCc3ccc(C)c(F)c3F)CC2)c(F)c1. The van der Waals surface area contributed by atoms with Gasteiger partial charge in [-0.1, -0.05) is 24.3 Å². The number of benzene rings is 2. The van der Waals surface area contributed by atoms with Gasteiger partial charge in [-0.3, -0.25) is 0 Å². The van der Waals surface area contributed by atoms with Crippen molar-refractivity contribution in [3.8, 4) is 5.75 Å². The molecule has 0 saturated heterocycles. The van der Waals surface area contributed by atoms with E-state index in [4.69, 9.17) is 9.47 Å². The van der Waals surface area contributed by atoms with E-state index in [2.05, 4.69) is 6.58 Å². The molecule has 2 aromatic rings. The van der Waals surface area contributed by atoms with Crippen molar-refractivity contribution < 1.29 is 22.6 Å². The van der Waals surface area contributed by atoms with E-state index >= 15 is 0 Å². The molecular formula is C25H29F3O2. The van der Waals surface area contributed by atoms with Gasteiger partial charge in [0.15, 0.2) is 11.6 Å². The summed E-state index contributed by atoms with van der Waals surface area (Å²) in [5.74, 6) is -1.21.